The summed E-state index contributed by atoms with van der Waals surface area (Å²) in [5.41, 5.74) is 1.45. The van der Waals surface area contributed by atoms with E-state index in [9.17, 15) is 14.0 Å². The minimum atomic E-state index is -0.775. The summed E-state index contributed by atoms with van der Waals surface area (Å²) < 4.78 is 19.3. The second-order valence-electron chi connectivity index (χ2n) is 7.73. The predicted molar refractivity (Wildman–Crippen MR) is 113 cm³/mol. The smallest absolute Gasteiger partial charge is 0.338 e. The van der Waals surface area contributed by atoms with Gasteiger partial charge in [-0.2, -0.15) is 0 Å². The number of amides is 2. The summed E-state index contributed by atoms with van der Waals surface area (Å²) in [5, 5.41) is 2.86. The number of esters is 1. The van der Waals surface area contributed by atoms with Gasteiger partial charge in [-0.3, -0.25) is 9.80 Å². The highest BCUT2D eigenvalue weighted by molar-refractivity contribution is 5.95. The van der Waals surface area contributed by atoms with Crippen molar-refractivity contribution in [3.63, 3.8) is 0 Å². The molecule has 2 aliphatic heterocycles. The van der Waals surface area contributed by atoms with Gasteiger partial charge in [-0.15, -0.1) is 6.58 Å². The number of likely N-dealkylation sites (tertiary alicyclic amines) is 1. The molecular formula is C23H30FN3O3. The lowest BCUT2D eigenvalue weighted by Crippen LogP contribution is -2.52. The Bertz CT molecular complexity index is 839. The van der Waals surface area contributed by atoms with E-state index >= 15 is 0 Å². The lowest BCUT2D eigenvalue weighted by atomic mass is 9.93. The third-order valence-electron chi connectivity index (χ3n) is 5.72. The number of nitrogens with zero attached hydrogens (tertiary/aromatic N) is 2. The predicted octanol–water partition coefficient (Wildman–Crippen LogP) is 3.77. The molecule has 0 bridgehead atoms. The van der Waals surface area contributed by atoms with Gasteiger partial charge in [-0.05, 0) is 50.9 Å². The van der Waals surface area contributed by atoms with Gasteiger partial charge >= 0.3 is 12.0 Å². The molecule has 3 rings (SSSR count). The molecule has 2 aliphatic rings. The topological polar surface area (TPSA) is 61.9 Å². The summed E-state index contributed by atoms with van der Waals surface area (Å²) in [4.78, 5) is 29.9. The molecule has 0 unspecified atom stereocenters. The summed E-state index contributed by atoms with van der Waals surface area (Å²) >= 11 is 0. The van der Waals surface area contributed by atoms with E-state index in [0.29, 0.717) is 29.4 Å². The molecule has 0 radical (unpaired) electrons. The minimum Gasteiger partial charge on any atom is -0.463 e. The van der Waals surface area contributed by atoms with Crippen LogP contribution in [0.25, 0.3) is 0 Å². The number of urea groups is 1. The monoisotopic (exact) mass is 415 g/mol. The van der Waals surface area contributed by atoms with Crippen LogP contribution >= 0.6 is 0 Å². The Kier molecular flexibility index (Phi) is 7.26. The number of ether oxygens (including phenoxy) is 1. The molecule has 0 aromatic heterocycles. The normalized spacial score (nSPS) is 22.6. The van der Waals surface area contributed by atoms with Gasteiger partial charge in [0.2, 0.25) is 0 Å². The third kappa shape index (κ3) is 4.73. The number of nitrogens with one attached hydrogen (secondary N) is 1. The number of carbonyl (C=O) groups excluding carboxylic acids is 2. The molecule has 30 heavy (non-hydrogen) atoms. The number of hydrogen-bond donors (Lipinski definition) is 1. The molecule has 2 heterocycles. The van der Waals surface area contributed by atoms with Gasteiger partial charge < -0.3 is 10.1 Å². The Morgan fingerprint density at radius 3 is 2.87 bits per heavy atom. The van der Waals surface area contributed by atoms with Crippen LogP contribution in [0.1, 0.15) is 44.7 Å². The first-order chi connectivity index (χ1) is 14.5. The zero-order valence-corrected chi connectivity index (χ0v) is 17.7. The fourth-order valence-electron chi connectivity index (χ4n) is 4.17. The van der Waals surface area contributed by atoms with E-state index in [2.05, 4.69) is 23.7 Å². The van der Waals surface area contributed by atoms with Crippen molar-refractivity contribution in [1.29, 1.82) is 0 Å². The van der Waals surface area contributed by atoms with Crippen LogP contribution in [-0.4, -0.2) is 54.1 Å². The van der Waals surface area contributed by atoms with Crippen molar-refractivity contribution in [2.24, 2.45) is 0 Å². The number of carbonyl (C=O) groups is 2. The first kappa shape index (κ1) is 22.0. The first-order valence-corrected chi connectivity index (χ1v) is 10.5. The molecule has 1 saturated heterocycles. The Hall–Kier alpha value is -2.67. The molecule has 1 aromatic carbocycles. The molecule has 162 valence electrons. The molecule has 0 spiro atoms. The van der Waals surface area contributed by atoms with E-state index in [4.69, 9.17) is 4.74 Å². The average Bonchev–Trinajstić information content (AvgIpc) is 2.72. The highest BCUT2D eigenvalue weighted by Crippen LogP contribution is 2.33. The lowest BCUT2D eigenvalue weighted by molar-refractivity contribution is -0.139. The molecule has 0 saturated carbocycles. The van der Waals surface area contributed by atoms with Gasteiger partial charge in [0.1, 0.15) is 5.82 Å². The average molecular weight is 416 g/mol. The van der Waals surface area contributed by atoms with Gasteiger partial charge in [0.15, 0.2) is 0 Å². The lowest BCUT2D eigenvalue weighted by Gasteiger charge is -2.40. The molecule has 1 aromatic rings. The Labute approximate surface area is 177 Å². The van der Waals surface area contributed by atoms with Crippen molar-refractivity contribution in [2.75, 3.05) is 26.2 Å². The van der Waals surface area contributed by atoms with Crippen molar-refractivity contribution in [1.82, 2.24) is 15.1 Å². The number of hydrogen-bond acceptors (Lipinski definition) is 4. The van der Waals surface area contributed by atoms with Gasteiger partial charge in [-0.25, -0.2) is 14.0 Å². The van der Waals surface area contributed by atoms with Crippen LogP contribution in [-0.2, 0) is 9.53 Å². The van der Waals surface area contributed by atoms with Gasteiger partial charge in [0.25, 0.3) is 0 Å². The van der Waals surface area contributed by atoms with E-state index in [1.165, 1.54) is 23.5 Å². The molecule has 0 aliphatic carbocycles. The zero-order valence-electron chi connectivity index (χ0n) is 17.7. The number of rotatable bonds is 7. The summed E-state index contributed by atoms with van der Waals surface area (Å²) in [6, 6.07) is 5.19. The SMILES string of the molecule is C=CCN1C(=O)N[C@@H](c2cccc(F)c2)C(C(=O)OCC)=C1CN1CCCC[C@H]1C. The van der Waals surface area contributed by atoms with Gasteiger partial charge in [-0.1, -0.05) is 24.6 Å². The van der Waals surface area contributed by atoms with E-state index < -0.39 is 17.8 Å². The van der Waals surface area contributed by atoms with Crippen molar-refractivity contribution < 1.29 is 18.7 Å². The maximum Gasteiger partial charge on any atom is 0.338 e. The second kappa shape index (κ2) is 9.89. The maximum atomic E-state index is 13.9. The molecule has 2 amide bonds. The number of benzene rings is 1. The largest absolute Gasteiger partial charge is 0.463 e. The third-order valence-corrected chi connectivity index (χ3v) is 5.72. The van der Waals surface area contributed by atoms with Gasteiger partial charge in [0, 0.05) is 24.8 Å². The quantitative estimate of drug-likeness (QED) is 0.544. The van der Waals surface area contributed by atoms with Crippen LogP contribution < -0.4 is 5.32 Å². The minimum absolute atomic E-state index is 0.209. The fourth-order valence-corrected chi connectivity index (χ4v) is 4.17. The standard InChI is InChI=1S/C23H30FN3O3/c1-4-12-27-19(15-26-13-7-6-9-16(26)3)20(22(28)30-5-2)21(25-23(27)29)17-10-8-11-18(24)14-17/h4,8,10-11,14,16,21H,1,5-7,9,12-13,15H2,2-3H3,(H,25,29)/t16-,21+/m1/s1. The summed E-state index contributed by atoms with van der Waals surface area (Å²) in [5.74, 6) is -0.926. The second-order valence-corrected chi connectivity index (χ2v) is 7.73. The first-order valence-electron chi connectivity index (χ1n) is 10.5. The van der Waals surface area contributed by atoms with Crippen LogP contribution in [0.5, 0.6) is 0 Å². The van der Waals surface area contributed by atoms with Crippen LogP contribution in [0.4, 0.5) is 9.18 Å². The van der Waals surface area contributed by atoms with Crippen LogP contribution in [0.15, 0.2) is 48.2 Å². The molecule has 1 N–H and O–H groups in total. The fraction of sp³-hybridized carbons (Fsp3) is 0.478. The van der Waals surface area contributed by atoms with E-state index in [-0.39, 0.29) is 19.2 Å². The van der Waals surface area contributed by atoms with Crippen molar-refractivity contribution in [2.45, 2.75) is 45.2 Å². The zero-order chi connectivity index (χ0) is 21.7. The highest BCUT2D eigenvalue weighted by Gasteiger charge is 2.39. The number of piperidine rings is 1. The van der Waals surface area contributed by atoms with Crippen LogP contribution in [0, 0.1) is 5.82 Å². The van der Waals surface area contributed by atoms with Gasteiger partial charge in [0.05, 0.1) is 18.2 Å². The summed E-state index contributed by atoms with van der Waals surface area (Å²) in [7, 11) is 0. The molecule has 1 fully saturated rings. The number of halogens is 1. The molecule has 6 nitrogen and oxygen atoms in total. The van der Waals surface area contributed by atoms with Crippen molar-refractivity contribution >= 4 is 12.0 Å². The van der Waals surface area contributed by atoms with Crippen LogP contribution in [0.3, 0.4) is 0 Å². The van der Waals surface area contributed by atoms with Crippen molar-refractivity contribution in [3.8, 4) is 0 Å². The Morgan fingerprint density at radius 2 is 2.20 bits per heavy atom. The molecular weight excluding hydrogens is 385 g/mol. The molecule has 7 heteroatoms. The molecule has 2 atom stereocenters. The van der Waals surface area contributed by atoms with Crippen molar-refractivity contribution in [3.05, 3.63) is 59.6 Å². The van der Waals surface area contributed by atoms with E-state index in [0.717, 1.165) is 19.4 Å². The van der Waals surface area contributed by atoms with E-state index in [1.54, 1.807) is 25.1 Å². The highest BCUT2D eigenvalue weighted by atomic mass is 19.1. The maximum absolute atomic E-state index is 13.9. The van der Waals surface area contributed by atoms with Crippen LogP contribution in [0.2, 0.25) is 0 Å². The summed E-state index contributed by atoms with van der Waals surface area (Å²) in [6.45, 7) is 9.48. The Balaban J connectivity index is 2.12. The van der Waals surface area contributed by atoms with E-state index in [1.807, 2.05) is 0 Å². The Morgan fingerprint density at radius 1 is 1.40 bits per heavy atom. The summed E-state index contributed by atoms with van der Waals surface area (Å²) in [6.07, 6.45) is 4.95.